The number of fused-ring (bicyclic) bond motifs is 4. The maximum atomic E-state index is 13.3. The minimum absolute atomic E-state index is 0.00301. The summed E-state index contributed by atoms with van der Waals surface area (Å²) in [6.45, 7) is 16.1. The number of aliphatic hydroxyl groups excluding tert-OH is 1. The van der Waals surface area contributed by atoms with Gasteiger partial charge in [0.1, 0.15) is 5.75 Å². The van der Waals surface area contributed by atoms with E-state index in [4.69, 9.17) is 9.47 Å². The average Bonchev–Trinajstić information content (AvgIpc) is 3.40. The lowest BCUT2D eigenvalue weighted by Crippen LogP contribution is -2.51. The van der Waals surface area contributed by atoms with Crippen LogP contribution >= 0.6 is 0 Å². The van der Waals surface area contributed by atoms with E-state index >= 15 is 0 Å². The molecule has 0 radical (unpaired) electrons. The Morgan fingerprint density at radius 2 is 1.73 bits per heavy atom. The van der Waals surface area contributed by atoms with Gasteiger partial charge in [-0.1, -0.05) is 64.5 Å². The SMILES string of the molecule is C=C(C(=O)N[C@H](C(=O)OC)c1ccc(OC)cc1)C(C)CC[C@@H](C)[C@H]1CCC2=C3CCC4[C@H](C)[C@@H](O)CC[C@]4(C)[C@H]3CC[C@@]21C. The number of hydrogen-bond donors (Lipinski definition) is 2. The second kappa shape index (κ2) is 13.3. The maximum absolute atomic E-state index is 13.3. The zero-order valence-electron chi connectivity index (χ0n) is 28.8. The van der Waals surface area contributed by atoms with Gasteiger partial charge in [0.15, 0.2) is 6.04 Å². The number of hydrogen-bond acceptors (Lipinski definition) is 5. The molecule has 2 N–H and O–H groups in total. The first kappa shape index (κ1) is 33.8. The molecule has 0 bridgehead atoms. The number of carbonyl (C=O) groups excluding carboxylic acids is 2. The van der Waals surface area contributed by atoms with Gasteiger partial charge in [0, 0.05) is 5.57 Å². The van der Waals surface area contributed by atoms with Gasteiger partial charge in [-0.3, -0.25) is 4.79 Å². The maximum Gasteiger partial charge on any atom is 0.333 e. The molecule has 3 saturated carbocycles. The lowest BCUT2D eigenvalue weighted by Gasteiger charge is -2.58. The molecule has 0 aromatic heterocycles. The molecule has 1 amide bonds. The highest BCUT2D eigenvalue weighted by Crippen LogP contribution is 2.66. The van der Waals surface area contributed by atoms with Crippen LogP contribution in [0.25, 0.3) is 0 Å². The lowest BCUT2D eigenvalue weighted by atomic mass is 9.47. The first-order chi connectivity index (χ1) is 21.3. The molecular weight excluding hydrogens is 562 g/mol. The van der Waals surface area contributed by atoms with E-state index in [-0.39, 0.29) is 23.3 Å². The number of carbonyl (C=O) groups is 2. The highest BCUT2D eigenvalue weighted by atomic mass is 16.5. The van der Waals surface area contributed by atoms with Crippen molar-refractivity contribution in [2.24, 2.45) is 46.3 Å². The third-order valence-electron chi connectivity index (χ3n) is 13.4. The van der Waals surface area contributed by atoms with Gasteiger partial charge < -0.3 is 19.9 Å². The van der Waals surface area contributed by atoms with Crippen molar-refractivity contribution >= 4 is 11.9 Å². The standard InChI is InChI=1S/C39H57NO5/c1-23(25(3)36(42)40-35(37(43)45-8)27-11-13-28(44-7)14-12-27)9-10-24(2)30-17-18-32-29-15-16-31-26(4)34(41)20-22-39(31,6)33(29)19-21-38(30,32)5/h11-14,23-24,26,30-31,33-35,41H,3,9-10,15-22H2,1-2,4-8H3,(H,40,42)/t23?,24-,26+,30-,31?,33+,34+,35+,38-,39+/m1/s1. The van der Waals surface area contributed by atoms with Crippen LogP contribution < -0.4 is 10.1 Å². The molecule has 1 aromatic rings. The van der Waals surface area contributed by atoms with Crippen molar-refractivity contribution in [3.05, 3.63) is 53.1 Å². The van der Waals surface area contributed by atoms with Gasteiger partial charge in [-0.25, -0.2) is 4.79 Å². The molecule has 0 spiro atoms. The van der Waals surface area contributed by atoms with Crippen LogP contribution in [0.3, 0.4) is 0 Å². The summed E-state index contributed by atoms with van der Waals surface area (Å²) in [5.74, 6) is 2.81. The Kier molecular flexibility index (Phi) is 9.94. The van der Waals surface area contributed by atoms with Crippen molar-refractivity contribution < 1.29 is 24.2 Å². The Hall–Kier alpha value is -2.60. The van der Waals surface area contributed by atoms with Gasteiger partial charge in [0.25, 0.3) is 0 Å². The first-order valence-electron chi connectivity index (χ1n) is 17.5. The van der Waals surface area contributed by atoms with Crippen LogP contribution in [0.4, 0.5) is 0 Å². The molecular formula is C39H57NO5. The van der Waals surface area contributed by atoms with Crippen molar-refractivity contribution in [1.82, 2.24) is 5.32 Å². The average molecular weight is 620 g/mol. The number of aliphatic hydroxyl groups is 1. The van der Waals surface area contributed by atoms with Crippen molar-refractivity contribution in [3.63, 3.8) is 0 Å². The summed E-state index contributed by atoms with van der Waals surface area (Å²) in [6.07, 6.45) is 11.4. The Morgan fingerprint density at radius 1 is 1.02 bits per heavy atom. The molecule has 1 aromatic carbocycles. The van der Waals surface area contributed by atoms with Crippen molar-refractivity contribution in [2.45, 2.75) is 111 Å². The summed E-state index contributed by atoms with van der Waals surface area (Å²) >= 11 is 0. The molecule has 3 fully saturated rings. The van der Waals surface area contributed by atoms with E-state index in [1.54, 1.807) is 42.5 Å². The summed E-state index contributed by atoms with van der Waals surface area (Å²) in [6, 6.07) is 6.15. The number of benzene rings is 1. The van der Waals surface area contributed by atoms with Crippen molar-refractivity contribution in [2.75, 3.05) is 14.2 Å². The van der Waals surface area contributed by atoms with Crippen LogP contribution in [-0.4, -0.2) is 37.3 Å². The fraction of sp³-hybridized carbons (Fsp3) is 0.692. The summed E-state index contributed by atoms with van der Waals surface area (Å²) in [4.78, 5) is 25.9. The quantitative estimate of drug-likeness (QED) is 0.158. The molecule has 45 heavy (non-hydrogen) atoms. The smallest absolute Gasteiger partial charge is 0.333 e. The van der Waals surface area contributed by atoms with Gasteiger partial charge in [-0.15, -0.1) is 0 Å². The van der Waals surface area contributed by atoms with Crippen LogP contribution in [0, 0.1) is 46.3 Å². The zero-order valence-corrected chi connectivity index (χ0v) is 28.8. The normalized spacial score (nSPS) is 34.4. The fourth-order valence-electron chi connectivity index (χ4n) is 10.4. The molecule has 4 aliphatic carbocycles. The molecule has 4 aliphatic rings. The van der Waals surface area contributed by atoms with E-state index in [1.165, 1.54) is 45.6 Å². The topological polar surface area (TPSA) is 84.9 Å². The molecule has 2 unspecified atom stereocenters. The van der Waals surface area contributed by atoms with E-state index in [1.807, 2.05) is 0 Å². The highest BCUT2D eigenvalue weighted by Gasteiger charge is 2.57. The number of ether oxygens (including phenoxy) is 2. The van der Waals surface area contributed by atoms with Gasteiger partial charge in [-0.05, 0) is 128 Å². The summed E-state index contributed by atoms with van der Waals surface area (Å²) in [5.41, 5.74) is 5.34. The molecule has 0 heterocycles. The van der Waals surface area contributed by atoms with Gasteiger partial charge >= 0.3 is 5.97 Å². The van der Waals surface area contributed by atoms with E-state index in [0.717, 1.165) is 25.7 Å². The zero-order chi connectivity index (χ0) is 32.7. The Labute approximate surface area is 271 Å². The fourth-order valence-corrected chi connectivity index (χ4v) is 10.4. The third kappa shape index (κ3) is 6.13. The molecule has 0 saturated heterocycles. The van der Waals surface area contributed by atoms with Crippen LogP contribution in [0.1, 0.15) is 110 Å². The minimum atomic E-state index is -0.907. The Bertz CT molecular complexity index is 1300. The molecule has 0 aliphatic heterocycles. The lowest BCUT2D eigenvalue weighted by molar-refractivity contribution is -0.145. The second-order valence-corrected chi connectivity index (χ2v) is 15.5. The van der Waals surface area contributed by atoms with Crippen molar-refractivity contribution in [1.29, 1.82) is 0 Å². The van der Waals surface area contributed by atoms with E-state index in [0.29, 0.717) is 51.9 Å². The van der Waals surface area contributed by atoms with Gasteiger partial charge in [-0.2, -0.15) is 0 Å². The predicted molar refractivity (Wildman–Crippen MR) is 178 cm³/mol. The number of rotatable bonds is 10. The van der Waals surface area contributed by atoms with Crippen molar-refractivity contribution in [3.8, 4) is 5.75 Å². The minimum Gasteiger partial charge on any atom is -0.497 e. The first-order valence-corrected chi connectivity index (χ1v) is 17.5. The third-order valence-corrected chi connectivity index (χ3v) is 13.4. The number of amides is 1. The molecule has 6 nitrogen and oxygen atoms in total. The number of esters is 1. The largest absolute Gasteiger partial charge is 0.497 e. The van der Waals surface area contributed by atoms with Crippen LogP contribution in [0.15, 0.2) is 47.6 Å². The second-order valence-electron chi connectivity index (χ2n) is 15.5. The number of nitrogens with one attached hydrogen (secondary N) is 1. The highest BCUT2D eigenvalue weighted by molar-refractivity contribution is 5.96. The van der Waals surface area contributed by atoms with E-state index in [9.17, 15) is 14.7 Å². The Balaban J connectivity index is 1.21. The predicted octanol–water partition coefficient (Wildman–Crippen LogP) is 7.96. The molecule has 248 valence electrons. The molecule has 10 atom stereocenters. The van der Waals surface area contributed by atoms with E-state index < -0.39 is 12.0 Å². The van der Waals surface area contributed by atoms with Crippen LogP contribution in [0.5, 0.6) is 5.75 Å². The summed E-state index contributed by atoms with van der Waals surface area (Å²) in [7, 11) is 2.91. The summed E-state index contributed by atoms with van der Waals surface area (Å²) in [5, 5.41) is 13.5. The van der Waals surface area contributed by atoms with Crippen LogP contribution in [-0.2, 0) is 14.3 Å². The summed E-state index contributed by atoms with van der Waals surface area (Å²) < 4.78 is 10.2. The van der Waals surface area contributed by atoms with Gasteiger partial charge in [0.05, 0.1) is 20.3 Å². The van der Waals surface area contributed by atoms with Crippen LogP contribution in [0.2, 0.25) is 0 Å². The van der Waals surface area contributed by atoms with E-state index in [2.05, 4.69) is 46.5 Å². The monoisotopic (exact) mass is 619 g/mol. The molecule has 6 heteroatoms. The van der Waals surface area contributed by atoms with Gasteiger partial charge in [0.2, 0.25) is 5.91 Å². The number of allylic oxidation sites excluding steroid dienone is 2. The molecule has 5 rings (SSSR count). The Morgan fingerprint density at radius 3 is 2.40 bits per heavy atom. The number of methoxy groups -OCH3 is 2.